The lowest BCUT2D eigenvalue weighted by molar-refractivity contribution is 0.488. The van der Waals surface area contributed by atoms with Gasteiger partial charge >= 0.3 is 0 Å². The van der Waals surface area contributed by atoms with Crippen LogP contribution in [0.25, 0.3) is 0 Å². The molecule has 1 unspecified atom stereocenters. The van der Waals surface area contributed by atoms with Gasteiger partial charge in [0.2, 0.25) is 0 Å². The number of hydrogen-bond acceptors (Lipinski definition) is 3. The van der Waals surface area contributed by atoms with Crippen molar-refractivity contribution in [3.63, 3.8) is 0 Å². The second-order valence-corrected chi connectivity index (χ2v) is 4.93. The van der Waals surface area contributed by atoms with Crippen molar-refractivity contribution >= 4 is 17.4 Å². The zero-order valence-corrected chi connectivity index (χ0v) is 10.6. The van der Waals surface area contributed by atoms with Crippen LogP contribution in [-0.2, 0) is 5.88 Å². The van der Waals surface area contributed by atoms with Gasteiger partial charge in [-0.2, -0.15) is 5.10 Å². The van der Waals surface area contributed by atoms with E-state index in [1.807, 2.05) is 12.1 Å². The number of halogens is 1. The standard InChI is InChI=1S/C12H18ClN3/c1-9(2)11-4-3-7-16(11)12-6-5-10(8-13)14-15-12/h5-6,9,11H,3-4,7-8H2,1-2H3. The Morgan fingerprint density at radius 2 is 2.25 bits per heavy atom. The first kappa shape index (κ1) is 11.6. The Morgan fingerprint density at radius 1 is 1.44 bits per heavy atom. The molecule has 1 aromatic heterocycles. The lowest BCUT2D eigenvalue weighted by Gasteiger charge is -2.28. The number of nitrogens with zero attached hydrogens (tertiary/aromatic N) is 3. The molecule has 16 heavy (non-hydrogen) atoms. The highest BCUT2D eigenvalue weighted by atomic mass is 35.5. The van der Waals surface area contributed by atoms with Crippen LogP contribution in [-0.4, -0.2) is 22.8 Å². The average molecular weight is 240 g/mol. The zero-order valence-electron chi connectivity index (χ0n) is 9.86. The molecular weight excluding hydrogens is 222 g/mol. The van der Waals surface area contributed by atoms with Crippen molar-refractivity contribution in [2.75, 3.05) is 11.4 Å². The van der Waals surface area contributed by atoms with Crippen LogP contribution in [0, 0.1) is 5.92 Å². The first-order valence-electron chi connectivity index (χ1n) is 5.87. The van der Waals surface area contributed by atoms with Crippen LogP contribution in [0.4, 0.5) is 5.82 Å². The fraction of sp³-hybridized carbons (Fsp3) is 0.667. The molecule has 1 aromatic rings. The molecule has 1 atom stereocenters. The lowest BCUT2D eigenvalue weighted by Crippen LogP contribution is -2.34. The van der Waals surface area contributed by atoms with Crippen molar-refractivity contribution in [1.29, 1.82) is 0 Å². The Hall–Kier alpha value is -0.830. The molecule has 0 spiro atoms. The van der Waals surface area contributed by atoms with E-state index in [-0.39, 0.29) is 0 Å². The van der Waals surface area contributed by atoms with Crippen LogP contribution in [0.1, 0.15) is 32.4 Å². The van der Waals surface area contributed by atoms with Gasteiger partial charge in [0.05, 0.1) is 11.6 Å². The summed E-state index contributed by atoms with van der Waals surface area (Å²) in [5.74, 6) is 2.09. The fourth-order valence-electron chi connectivity index (χ4n) is 2.35. The number of aromatic nitrogens is 2. The molecule has 4 heteroatoms. The minimum Gasteiger partial charge on any atom is -0.352 e. The summed E-state index contributed by atoms with van der Waals surface area (Å²) in [5.41, 5.74) is 0.839. The molecule has 0 aliphatic carbocycles. The summed E-state index contributed by atoms with van der Waals surface area (Å²) in [6, 6.07) is 4.60. The fourth-order valence-corrected chi connectivity index (χ4v) is 2.49. The molecule has 0 amide bonds. The first-order valence-corrected chi connectivity index (χ1v) is 6.41. The molecule has 0 radical (unpaired) electrons. The summed E-state index contributed by atoms with van der Waals surface area (Å²) in [4.78, 5) is 2.37. The Labute approximate surface area is 102 Å². The van der Waals surface area contributed by atoms with Crippen molar-refractivity contribution in [2.24, 2.45) is 5.92 Å². The van der Waals surface area contributed by atoms with E-state index >= 15 is 0 Å². The van der Waals surface area contributed by atoms with Gasteiger partial charge in [0.25, 0.3) is 0 Å². The van der Waals surface area contributed by atoms with Crippen molar-refractivity contribution in [3.8, 4) is 0 Å². The number of alkyl halides is 1. The third-order valence-corrected chi connectivity index (χ3v) is 3.48. The second-order valence-electron chi connectivity index (χ2n) is 4.66. The SMILES string of the molecule is CC(C)C1CCCN1c1ccc(CCl)nn1. The smallest absolute Gasteiger partial charge is 0.151 e. The third kappa shape index (κ3) is 2.29. The van der Waals surface area contributed by atoms with E-state index in [0.29, 0.717) is 17.8 Å². The summed E-state index contributed by atoms with van der Waals surface area (Å²) in [7, 11) is 0. The van der Waals surface area contributed by atoms with E-state index in [1.165, 1.54) is 12.8 Å². The number of hydrogen-bond donors (Lipinski definition) is 0. The minimum atomic E-state index is 0.431. The van der Waals surface area contributed by atoms with Gasteiger partial charge in [-0.1, -0.05) is 13.8 Å². The van der Waals surface area contributed by atoms with Gasteiger partial charge in [0.15, 0.2) is 5.82 Å². The quantitative estimate of drug-likeness (QED) is 0.760. The lowest BCUT2D eigenvalue weighted by atomic mass is 10.0. The van der Waals surface area contributed by atoms with Crippen LogP contribution in [0.2, 0.25) is 0 Å². The number of anilines is 1. The van der Waals surface area contributed by atoms with Gasteiger partial charge < -0.3 is 4.90 Å². The Kier molecular flexibility index (Phi) is 3.64. The zero-order chi connectivity index (χ0) is 11.5. The highest BCUT2D eigenvalue weighted by Gasteiger charge is 2.28. The van der Waals surface area contributed by atoms with Crippen LogP contribution in [0.3, 0.4) is 0 Å². The predicted molar refractivity (Wildman–Crippen MR) is 66.8 cm³/mol. The molecule has 2 heterocycles. The summed E-state index contributed by atoms with van der Waals surface area (Å²) in [6.07, 6.45) is 2.51. The van der Waals surface area contributed by atoms with Crippen molar-refractivity contribution in [3.05, 3.63) is 17.8 Å². The predicted octanol–water partition coefficient (Wildman–Crippen LogP) is 2.84. The van der Waals surface area contributed by atoms with Gasteiger partial charge in [0, 0.05) is 12.6 Å². The molecule has 1 aliphatic rings. The largest absolute Gasteiger partial charge is 0.352 e. The minimum absolute atomic E-state index is 0.431. The van der Waals surface area contributed by atoms with E-state index in [9.17, 15) is 0 Å². The molecule has 2 rings (SSSR count). The van der Waals surface area contributed by atoms with E-state index in [0.717, 1.165) is 18.1 Å². The Morgan fingerprint density at radius 3 is 2.81 bits per heavy atom. The topological polar surface area (TPSA) is 29.0 Å². The maximum atomic E-state index is 5.70. The summed E-state index contributed by atoms with van der Waals surface area (Å²) in [6.45, 7) is 5.63. The monoisotopic (exact) mass is 239 g/mol. The van der Waals surface area contributed by atoms with Gasteiger partial charge in [0.1, 0.15) is 0 Å². The summed E-state index contributed by atoms with van der Waals surface area (Å²) < 4.78 is 0. The highest BCUT2D eigenvalue weighted by molar-refractivity contribution is 6.16. The van der Waals surface area contributed by atoms with Gasteiger partial charge in [-0.15, -0.1) is 16.7 Å². The second kappa shape index (κ2) is 5.00. The van der Waals surface area contributed by atoms with Crippen molar-refractivity contribution < 1.29 is 0 Å². The van der Waals surface area contributed by atoms with Gasteiger partial charge in [-0.25, -0.2) is 0 Å². The van der Waals surface area contributed by atoms with Crippen molar-refractivity contribution in [1.82, 2.24) is 10.2 Å². The molecule has 0 saturated carbocycles. The summed E-state index contributed by atoms with van der Waals surface area (Å²) in [5, 5.41) is 8.37. The average Bonchev–Trinajstić information content (AvgIpc) is 2.78. The van der Waals surface area contributed by atoms with Gasteiger partial charge in [-0.05, 0) is 30.9 Å². The Balaban J connectivity index is 2.16. The molecule has 3 nitrogen and oxygen atoms in total. The van der Waals surface area contributed by atoms with Crippen LogP contribution in [0.15, 0.2) is 12.1 Å². The van der Waals surface area contributed by atoms with E-state index in [2.05, 4.69) is 28.9 Å². The molecule has 1 aliphatic heterocycles. The molecular formula is C12H18ClN3. The van der Waals surface area contributed by atoms with E-state index < -0.39 is 0 Å². The molecule has 1 fully saturated rings. The molecule has 0 N–H and O–H groups in total. The summed E-state index contributed by atoms with van der Waals surface area (Å²) >= 11 is 5.70. The first-order chi connectivity index (χ1) is 7.72. The van der Waals surface area contributed by atoms with E-state index in [1.54, 1.807) is 0 Å². The highest BCUT2D eigenvalue weighted by Crippen LogP contribution is 2.27. The van der Waals surface area contributed by atoms with Gasteiger partial charge in [-0.3, -0.25) is 0 Å². The van der Waals surface area contributed by atoms with Crippen molar-refractivity contribution in [2.45, 2.75) is 38.6 Å². The molecule has 1 saturated heterocycles. The number of rotatable bonds is 3. The third-order valence-electron chi connectivity index (χ3n) is 3.21. The maximum Gasteiger partial charge on any atom is 0.151 e. The molecule has 0 bridgehead atoms. The van der Waals surface area contributed by atoms with E-state index in [4.69, 9.17) is 11.6 Å². The normalized spacial score (nSPS) is 20.8. The maximum absolute atomic E-state index is 5.70. The van der Waals surface area contributed by atoms with Crippen LogP contribution in [0.5, 0.6) is 0 Å². The van der Waals surface area contributed by atoms with Crippen LogP contribution >= 0.6 is 11.6 Å². The molecule has 0 aromatic carbocycles. The Bertz CT molecular complexity index is 337. The molecule has 88 valence electrons. The van der Waals surface area contributed by atoms with Crippen LogP contribution < -0.4 is 4.90 Å².